The average Bonchev–Trinajstić information content (AvgIpc) is 3.73. The Balaban J connectivity index is 1.09. The van der Waals surface area contributed by atoms with Crippen molar-refractivity contribution in [3.8, 4) is 0 Å². The van der Waals surface area contributed by atoms with E-state index in [9.17, 15) is 9.13 Å². The Hall–Kier alpha value is -0.100. The molecular weight excluding hydrogens is 690 g/mol. The minimum atomic E-state index is -4.06. The molecule has 0 spiro atoms. The summed E-state index contributed by atoms with van der Waals surface area (Å²) in [5.74, 6) is -4.00. The Bertz CT molecular complexity index is 1280. The van der Waals surface area contributed by atoms with Gasteiger partial charge in [-0.1, -0.05) is 0 Å². The van der Waals surface area contributed by atoms with Crippen molar-refractivity contribution >= 4 is 15.2 Å². The smallest absolute Gasteiger partial charge is 0.342 e. The lowest BCUT2D eigenvalue weighted by atomic mass is 9.99. The summed E-state index contributed by atoms with van der Waals surface area (Å²) in [6, 6.07) is 0. The van der Waals surface area contributed by atoms with Crippen LogP contribution >= 0.6 is 15.2 Å². The molecule has 12 atom stereocenters. The largest absolute Gasteiger partial charge is 0.366 e. The van der Waals surface area contributed by atoms with Gasteiger partial charge in [-0.25, -0.2) is 0 Å². The fourth-order valence-corrected chi connectivity index (χ4v) is 12.0. The molecule has 16 nitrogen and oxygen atoms in total. The molecule has 6 aliphatic heterocycles. The van der Waals surface area contributed by atoms with Gasteiger partial charge in [-0.15, -0.1) is 0 Å². The SMILES string of the molecule is CCOP(=O)(CP(=O)(OCC)OC[C@H]1O[C@@H]2OC(C)(C)O[C@@H]2[C@H]2OC(C)(C)O[C@H]21)OCC[C@@H]1O[C@H]([C@@H]2COC(C)(C)O2)[C@@H]2OC(C)(C)O[C@@H]21. The highest BCUT2D eigenvalue weighted by atomic mass is 31.2. The van der Waals surface area contributed by atoms with Crippen LogP contribution in [0.4, 0.5) is 0 Å². The first-order valence-corrected chi connectivity index (χ1v) is 20.7. The van der Waals surface area contributed by atoms with Gasteiger partial charge in [-0.3, -0.25) is 9.13 Å². The van der Waals surface area contributed by atoms with Crippen molar-refractivity contribution in [1.82, 2.24) is 0 Å². The molecule has 6 heterocycles. The zero-order chi connectivity index (χ0) is 35.6. The number of hydrogen-bond donors (Lipinski definition) is 0. The third kappa shape index (κ3) is 8.67. The Kier molecular flexibility index (Phi) is 11.0. The highest BCUT2D eigenvalue weighted by molar-refractivity contribution is 7.71. The van der Waals surface area contributed by atoms with Crippen LogP contribution in [0.5, 0.6) is 0 Å². The Labute approximate surface area is 288 Å². The second-order valence-corrected chi connectivity index (χ2v) is 19.5. The Morgan fingerprint density at radius 3 is 1.69 bits per heavy atom. The third-order valence-electron chi connectivity index (χ3n) is 8.96. The lowest BCUT2D eigenvalue weighted by Crippen LogP contribution is -2.56. The van der Waals surface area contributed by atoms with Crippen LogP contribution in [0.2, 0.25) is 0 Å². The maximum atomic E-state index is 14.1. The molecule has 0 amide bonds. The van der Waals surface area contributed by atoms with Gasteiger partial charge in [0.15, 0.2) is 35.3 Å². The van der Waals surface area contributed by atoms with E-state index in [2.05, 4.69) is 0 Å². The van der Waals surface area contributed by atoms with Crippen LogP contribution in [0.15, 0.2) is 0 Å². The molecule has 0 N–H and O–H groups in total. The molecular formula is C31H54O16P2. The first kappa shape index (κ1) is 38.6. The van der Waals surface area contributed by atoms with E-state index in [1.54, 1.807) is 41.5 Å². The van der Waals surface area contributed by atoms with Crippen LogP contribution in [0.25, 0.3) is 0 Å². The predicted octanol–water partition coefficient (Wildman–Crippen LogP) is 4.66. The van der Waals surface area contributed by atoms with Gasteiger partial charge < -0.3 is 65.5 Å². The maximum absolute atomic E-state index is 14.1. The van der Waals surface area contributed by atoms with Crippen molar-refractivity contribution in [2.75, 3.05) is 38.9 Å². The van der Waals surface area contributed by atoms with E-state index in [0.717, 1.165) is 0 Å². The summed E-state index contributed by atoms with van der Waals surface area (Å²) in [6.07, 6.45) is -4.95. The molecule has 0 aromatic rings. The first-order valence-electron chi connectivity index (χ1n) is 17.2. The fraction of sp³-hybridized carbons (Fsp3) is 1.00. The molecule has 6 saturated heterocycles. The minimum Gasteiger partial charge on any atom is -0.366 e. The van der Waals surface area contributed by atoms with Crippen molar-refractivity contribution in [3.05, 3.63) is 0 Å². The number of rotatable bonds is 14. The summed E-state index contributed by atoms with van der Waals surface area (Å²) in [7, 11) is -8.07. The average molecular weight is 745 g/mol. The van der Waals surface area contributed by atoms with Gasteiger partial charge in [0.25, 0.3) is 0 Å². The highest BCUT2D eigenvalue weighted by Crippen LogP contribution is 2.64. The quantitative estimate of drug-likeness (QED) is 0.226. The van der Waals surface area contributed by atoms with Crippen molar-refractivity contribution in [2.24, 2.45) is 0 Å². The summed E-state index contributed by atoms with van der Waals surface area (Å²) in [6.45, 7) is 18.0. The normalized spacial score (nSPS) is 42.3. The van der Waals surface area contributed by atoms with Crippen LogP contribution < -0.4 is 0 Å². The molecule has 49 heavy (non-hydrogen) atoms. The summed E-state index contributed by atoms with van der Waals surface area (Å²) < 4.78 is 112. The van der Waals surface area contributed by atoms with Crippen LogP contribution in [-0.2, 0) is 74.6 Å². The summed E-state index contributed by atoms with van der Waals surface area (Å²) in [5, 5.41) is 0. The topological polar surface area (TPSA) is 163 Å². The fourth-order valence-electron chi connectivity index (χ4n) is 7.29. The van der Waals surface area contributed by atoms with E-state index in [-0.39, 0.29) is 39.0 Å². The van der Waals surface area contributed by atoms with E-state index in [4.69, 9.17) is 65.5 Å². The minimum absolute atomic E-state index is 0.0285. The van der Waals surface area contributed by atoms with E-state index in [1.807, 2.05) is 27.7 Å². The van der Waals surface area contributed by atoms with Gasteiger partial charge in [0.2, 0.25) is 0 Å². The molecule has 0 aromatic heterocycles. The Morgan fingerprint density at radius 2 is 1.10 bits per heavy atom. The number of fused-ring (bicyclic) bond motifs is 4. The highest BCUT2D eigenvalue weighted by Gasteiger charge is 2.62. The standard InChI is InChI=1S/C31H54O16P2/c1-11-35-48(32,37-14-13-18-22-24(44-29(5,6)42-22)21(39-18)20-15-34-28(3,4)41-20)17-49(33,36-12-2)38-16-19-23-25(45-30(7,8)43-23)26-27(40-19)47-31(9,10)46-26/h18-27H,11-17H2,1-10H3/t18-,19+,20-,21+,22+,23-,24-,25-,26+,27+,48?,49?/m0/s1. The summed E-state index contributed by atoms with van der Waals surface area (Å²) >= 11 is 0. The molecule has 0 saturated carbocycles. The number of hydrogen-bond acceptors (Lipinski definition) is 16. The molecule has 0 radical (unpaired) electrons. The lowest BCUT2D eigenvalue weighted by molar-refractivity contribution is -0.238. The van der Waals surface area contributed by atoms with Crippen molar-refractivity contribution in [1.29, 1.82) is 0 Å². The maximum Gasteiger partial charge on any atom is 0.342 e. The van der Waals surface area contributed by atoms with Gasteiger partial charge in [0.1, 0.15) is 48.8 Å². The second-order valence-electron chi connectivity index (χ2n) is 14.9. The third-order valence-corrected chi connectivity index (χ3v) is 14.2. The van der Waals surface area contributed by atoms with Crippen LogP contribution in [0.3, 0.4) is 0 Å². The van der Waals surface area contributed by atoms with Crippen molar-refractivity contribution in [3.63, 3.8) is 0 Å². The molecule has 18 heteroatoms. The van der Waals surface area contributed by atoms with Gasteiger partial charge >= 0.3 is 15.2 Å². The van der Waals surface area contributed by atoms with Crippen molar-refractivity contribution in [2.45, 2.75) is 160 Å². The number of ether oxygens (including phenoxy) is 10. The monoisotopic (exact) mass is 744 g/mol. The first-order chi connectivity index (χ1) is 22.7. The van der Waals surface area contributed by atoms with Crippen LogP contribution in [0.1, 0.15) is 75.7 Å². The predicted molar refractivity (Wildman–Crippen MR) is 170 cm³/mol. The van der Waals surface area contributed by atoms with E-state index in [1.165, 1.54) is 0 Å². The van der Waals surface area contributed by atoms with Crippen LogP contribution in [0, 0.1) is 0 Å². The molecule has 0 bridgehead atoms. The molecule has 0 aromatic carbocycles. The van der Waals surface area contributed by atoms with Crippen LogP contribution in [-0.4, -0.2) is 123 Å². The summed E-state index contributed by atoms with van der Waals surface area (Å²) in [5.41, 5.74) is 0. The van der Waals surface area contributed by atoms with Gasteiger partial charge in [0, 0.05) is 6.42 Å². The molecule has 6 fully saturated rings. The molecule has 284 valence electrons. The van der Waals surface area contributed by atoms with Crippen molar-refractivity contribution < 1.29 is 74.6 Å². The molecule has 6 rings (SSSR count). The van der Waals surface area contributed by atoms with Gasteiger partial charge in [-0.05, 0) is 69.2 Å². The molecule has 0 aliphatic carbocycles. The second kappa shape index (κ2) is 14.0. The van der Waals surface area contributed by atoms with Gasteiger partial charge in [0.05, 0.1) is 39.1 Å². The zero-order valence-electron chi connectivity index (χ0n) is 30.1. The van der Waals surface area contributed by atoms with E-state index < -0.39 is 99.4 Å². The Morgan fingerprint density at radius 1 is 0.571 bits per heavy atom. The summed E-state index contributed by atoms with van der Waals surface area (Å²) in [4.78, 5) is 0. The van der Waals surface area contributed by atoms with Gasteiger partial charge in [-0.2, -0.15) is 0 Å². The molecule has 2 unspecified atom stereocenters. The van der Waals surface area contributed by atoms with E-state index in [0.29, 0.717) is 6.61 Å². The lowest BCUT2D eigenvalue weighted by Gasteiger charge is -2.37. The van der Waals surface area contributed by atoms with E-state index >= 15 is 0 Å². The molecule has 6 aliphatic rings. The zero-order valence-corrected chi connectivity index (χ0v) is 31.9.